The van der Waals surface area contributed by atoms with E-state index >= 15 is 0 Å². The van der Waals surface area contributed by atoms with Crippen molar-refractivity contribution in [3.8, 4) is 0 Å². The van der Waals surface area contributed by atoms with Crippen LogP contribution in [0.3, 0.4) is 0 Å². The van der Waals surface area contributed by atoms with Crippen molar-refractivity contribution < 1.29 is 19.8 Å². The van der Waals surface area contributed by atoms with Gasteiger partial charge < -0.3 is 10.2 Å². The van der Waals surface area contributed by atoms with E-state index in [9.17, 15) is 9.59 Å². The van der Waals surface area contributed by atoms with E-state index in [1.165, 1.54) is 141 Å². The fourth-order valence-corrected chi connectivity index (χ4v) is 4.00. The molecule has 4 nitrogen and oxygen atoms in total. The molecule has 0 rings (SSSR count). The molecular formula is C32H68O4S2. The van der Waals surface area contributed by atoms with Crippen molar-refractivity contribution in [2.75, 3.05) is 11.5 Å². The monoisotopic (exact) mass is 580 g/mol. The Morgan fingerprint density at radius 1 is 0.395 bits per heavy atom. The summed E-state index contributed by atoms with van der Waals surface area (Å²) in [5.41, 5.74) is 0. The molecule has 0 aliphatic heterocycles. The number of carboxylic acid groups (broad SMARTS) is 2. The Kier molecular flexibility index (Phi) is 54.6. The van der Waals surface area contributed by atoms with Crippen LogP contribution in [0.15, 0.2) is 0 Å². The summed E-state index contributed by atoms with van der Waals surface area (Å²) < 4.78 is 0. The molecule has 2 N–H and O–H groups in total. The number of hydrogen-bond donors (Lipinski definition) is 4. The maximum atomic E-state index is 9.37. The van der Waals surface area contributed by atoms with E-state index in [0.29, 0.717) is 0 Å². The SMILES string of the molecule is CCC(=O)O.CCC(=O)O.CCCCCCCCCCCCCS.CCCCCCCCCCCCCS. The summed E-state index contributed by atoms with van der Waals surface area (Å²) in [7, 11) is 0. The molecule has 0 radical (unpaired) electrons. The molecule has 0 aliphatic carbocycles. The van der Waals surface area contributed by atoms with Crippen LogP contribution in [-0.4, -0.2) is 33.7 Å². The lowest BCUT2D eigenvalue weighted by molar-refractivity contribution is -0.137. The second kappa shape index (κ2) is 46.5. The van der Waals surface area contributed by atoms with E-state index in [-0.39, 0.29) is 12.8 Å². The highest BCUT2D eigenvalue weighted by molar-refractivity contribution is 7.80. The van der Waals surface area contributed by atoms with Crippen LogP contribution in [0, 0.1) is 0 Å². The maximum Gasteiger partial charge on any atom is 0.303 e. The number of aliphatic carboxylic acids is 2. The Balaban J connectivity index is -0.000000225. The average molecular weight is 581 g/mol. The molecule has 38 heavy (non-hydrogen) atoms. The molecule has 0 aromatic rings. The van der Waals surface area contributed by atoms with Crippen LogP contribution < -0.4 is 0 Å². The van der Waals surface area contributed by atoms with E-state index in [1.807, 2.05) is 0 Å². The lowest BCUT2D eigenvalue weighted by atomic mass is 10.1. The Morgan fingerprint density at radius 3 is 0.684 bits per heavy atom. The van der Waals surface area contributed by atoms with Gasteiger partial charge in [0, 0.05) is 12.8 Å². The third-order valence-corrected chi connectivity index (χ3v) is 6.76. The number of hydrogen-bond acceptors (Lipinski definition) is 4. The molecule has 0 atom stereocenters. The van der Waals surface area contributed by atoms with Crippen molar-refractivity contribution in [1.82, 2.24) is 0 Å². The van der Waals surface area contributed by atoms with Crippen molar-refractivity contribution in [2.24, 2.45) is 0 Å². The minimum Gasteiger partial charge on any atom is -0.481 e. The summed E-state index contributed by atoms with van der Waals surface area (Å²) in [5.74, 6) is 0.642. The van der Waals surface area contributed by atoms with Gasteiger partial charge in [-0.15, -0.1) is 0 Å². The van der Waals surface area contributed by atoms with Gasteiger partial charge in [-0.1, -0.05) is 156 Å². The predicted molar refractivity (Wildman–Crippen MR) is 176 cm³/mol. The van der Waals surface area contributed by atoms with Crippen LogP contribution in [0.5, 0.6) is 0 Å². The first-order valence-corrected chi connectivity index (χ1v) is 17.3. The molecule has 0 heterocycles. The van der Waals surface area contributed by atoms with E-state index in [1.54, 1.807) is 13.8 Å². The van der Waals surface area contributed by atoms with Gasteiger partial charge in [0.05, 0.1) is 0 Å². The molecule has 0 spiro atoms. The van der Waals surface area contributed by atoms with E-state index < -0.39 is 11.9 Å². The van der Waals surface area contributed by atoms with Crippen LogP contribution in [0.25, 0.3) is 0 Å². The van der Waals surface area contributed by atoms with Crippen molar-refractivity contribution >= 4 is 37.2 Å². The molecule has 0 aliphatic rings. The standard InChI is InChI=1S/2C13H28S.2C3H6O2/c2*1-2-3-4-5-6-7-8-9-10-11-12-13-14;2*1-2-3(4)5/h2*14H,2-13H2,1H3;2*2H2,1H3,(H,4,5). The van der Waals surface area contributed by atoms with Crippen molar-refractivity contribution in [2.45, 2.75) is 182 Å². The molecule has 232 valence electrons. The highest BCUT2D eigenvalue weighted by atomic mass is 32.1. The third-order valence-electron chi connectivity index (χ3n) is 6.13. The lowest BCUT2D eigenvalue weighted by Crippen LogP contribution is -1.86. The summed E-state index contributed by atoms with van der Waals surface area (Å²) in [6, 6.07) is 0. The molecule has 0 saturated carbocycles. The van der Waals surface area contributed by atoms with Crippen molar-refractivity contribution in [3.05, 3.63) is 0 Å². The van der Waals surface area contributed by atoms with Crippen LogP contribution in [0.4, 0.5) is 0 Å². The Hall–Kier alpha value is -0.360. The van der Waals surface area contributed by atoms with E-state index in [0.717, 1.165) is 11.5 Å². The average Bonchev–Trinajstić information content (AvgIpc) is 2.92. The summed E-state index contributed by atoms with van der Waals surface area (Å²) in [4.78, 5) is 18.7. The highest BCUT2D eigenvalue weighted by Crippen LogP contribution is 2.12. The maximum absolute atomic E-state index is 9.37. The predicted octanol–water partition coefficient (Wildman–Crippen LogP) is 11.4. The third kappa shape index (κ3) is 65.1. The number of thiol groups is 2. The van der Waals surface area contributed by atoms with Crippen LogP contribution in [0.2, 0.25) is 0 Å². The van der Waals surface area contributed by atoms with Gasteiger partial charge in [0.15, 0.2) is 0 Å². The molecule has 6 heteroatoms. The van der Waals surface area contributed by atoms with Gasteiger partial charge in [-0.3, -0.25) is 9.59 Å². The van der Waals surface area contributed by atoms with Crippen LogP contribution in [-0.2, 0) is 9.59 Å². The molecule has 0 bridgehead atoms. The zero-order chi connectivity index (χ0) is 29.5. The van der Waals surface area contributed by atoms with E-state index in [2.05, 4.69) is 39.1 Å². The second-order valence-corrected chi connectivity index (χ2v) is 10.9. The second-order valence-electron chi connectivity index (χ2n) is 10.0. The Morgan fingerprint density at radius 2 is 0.553 bits per heavy atom. The summed E-state index contributed by atoms with van der Waals surface area (Å²) in [5, 5.41) is 15.4. The minimum atomic E-state index is -0.745. The zero-order valence-corrected chi connectivity index (χ0v) is 27.8. The quantitative estimate of drug-likeness (QED) is 0.0676. The molecule has 0 amide bonds. The normalized spacial score (nSPS) is 9.84. The summed E-state index contributed by atoms with van der Waals surface area (Å²) in [6.07, 6.45) is 31.8. The molecule has 0 aromatic heterocycles. The number of carboxylic acids is 2. The first-order valence-electron chi connectivity index (χ1n) is 16.0. The molecular weight excluding hydrogens is 512 g/mol. The minimum absolute atomic E-state index is 0.222. The first kappa shape index (κ1) is 44.7. The Labute approximate surface area is 249 Å². The number of carbonyl (C=O) groups is 2. The van der Waals surface area contributed by atoms with Gasteiger partial charge in [-0.25, -0.2) is 0 Å². The van der Waals surface area contributed by atoms with Crippen molar-refractivity contribution in [1.29, 1.82) is 0 Å². The van der Waals surface area contributed by atoms with Gasteiger partial charge >= 0.3 is 11.9 Å². The number of rotatable bonds is 24. The fraction of sp³-hybridized carbons (Fsp3) is 0.938. The molecule has 0 unspecified atom stereocenters. The van der Waals surface area contributed by atoms with E-state index in [4.69, 9.17) is 10.2 Å². The van der Waals surface area contributed by atoms with Crippen molar-refractivity contribution in [3.63, 3.8) is 0 Å². The Bertz CT molecular complexity index is 358. The zero-order valence-electron chi connectivity index (χ0n) is 26.0. The smallest absolute Gasteiger partial charge is 0.303 e. The molecule has 0 saturated heterocycles. The fourth-order valence-electron chi connectivity index (χ4n) is 3.55. The van der Waals surface area contributed by atoms with Gasteiger partial charge in [-0.2, -0.15) is 25.3 Å². The topological polar surface area (TPSA) is 74.6 Å². The van der Waals surface area contributed by atoms with Gasteiger partial charge in [0.1, 0.15) is 0 Å². The van der Waals surface area contributed by atoms with Gasteiger partial charge in [0.25, 0.3) is 0 Å². The largest absolute Gasteiger partial charge is 0.481 e. The van der Waals surface area contributed by atoms with Gasteiger partial charge in [0.2, 0.25) is 0 Å². The van der Waals surface area contributed by atoms with Crippen LogP contribution >= 0.6 is 25.3 Å². The van der Waals surface area contributed by atoms with Gasteiger partial charge in [-0.05, 0) is 24.3 Å². The molecule has 0 aromatic carbocycles. The number of unbranched alkanes of at least 4 members (excludes halogenated alkanes) is 20. The first-order chi connectivity index (χ1) is 18.4. The molecule has 0 fully saturated rings. The lowest BCUT2D eigenvalue weighted by Gasteiger charge is -2.01. The highest BCUT2D eigenvalue weighted by Gasteiger charge is 1.93. The summed E-state index contributed by atoms with van der Waals surface area (Å²) >= 11 is 8.42. The van der Waals surface area contributed by atoms with Crippen LogP contribution in [0.1, 0.15) is 182 Å². The summed E-state index contributed by atoms with van der Waals surface area (Å²) in [6.45, 7) is 7.76.